The first-order chi connectivity index (χ1) is 7.69. The molecule has 0 bridgehead atoms. The maximum absolute atomic E-state index is 11.4. The Morgan fingerprint density at radius 1 is 1.31 bits per heavy atom. The highest BCUT2D eigenvalue weighted by Crippen LogP contribution is 2.25. The second kappa shape index (κ2) is 6.30. The van der Waals surface area contributed by atoms with Crippen LogP contribution in [0.1, 0.15) is 33.1 Å². The molecule has 4 nitrogen and oxygen atoms in total. The van der Waals surface area contributed by atoms with Crippen LogP contribution in [0.3, 0.4) is 0 Å². The van der Waals surface area contributed by atoms with E-state index in [0.717, 1.165) is 0 Å². The van der Waals surface area contributed by atoms with Crippen LogP contribution < -0.4 is 0 Å². The van der Waals surface area contributed by atoms with E-state index in [0.29, 0.717) is 38.0 Å². The summed E-state index contributed by atoms with van der Waals surface area (Å²) in [5.41, 5.74) is 0.683. The highest BCUT2D eigenvalue weighted by molar-refractivity contribution is 5.89. The Morgan fingerprint density at radius 2 is 2.00 bits per heavy atom. The van der Waals surface area contributed by atoms with E-state index < -0.39 is 0 Å². The fraction of sp³-hybridized carbons (Fsp3) is 0.667. The minimum Gasteiger partial charge on any atom is -0.466 e. The topological polar surface area (TPSA) is 52.6 Å². The summed E-state index contributed by atoms with van der Waals surface area (Å²) < 4.78 is 9.84. The lowest BCUT2D eigenvalue weighted by molar-refractivity contribution is -0.148. The highest BCUT2D eigenvalue weighted by atomic mass is 16.5. The average Bonchev–Trinajstić information content (AvgIpc) is 2.30. The van der Waals surface area contributed by atoms with Crippen LogP contribution in [0, 0.1) is 5.92 Å². The molecule has 0 amide bonds. The predicted octanol–water partition coefficient (Wildman–Crippen LogP) is 1.84. The number of ether oxygens (including phenoxy) is 2. The van der Waals surface area contributed by atoms with Crippen LogP contribution in [0.5, 0.6) is 0 Å². The van der Waals surface area contributed by atoms with Crippen LogP contribution in [-0.2, 0) is 19.1 Å². The van der Waals surface area contributed by atoms with Crippen molar-refractivity contribution in [1.82, 2.24) is 0 Å². The van der Waals surface area contributed by atoms with Crippen LogP contribution in [0.4, 0.5) is 0 Å². The summed E-state index contributed by atoms with van der Waals surface area (Å²) in [6.45, 7) is 4.37. The molecule has 1 atom stereocenters. The first-order valence-corrected chi connectivity index (χ1v) is 5.71. The molecule has 1 unspecified atom stereocenters. The largest absolute Gasteiger partial charge is 0.466 e. The fourth-order valence-electron chi connectivity index (χ4n) is 1.72. The Bertz CT molecular complexity index is 293. The zero-order chi connectivity index (χ0) is 12.0. The van der Waals surface area contributed by atoms with E-state index in [1.807, 2.05) is 0 Å². The number of carbonyl (C=O) groups excluding carboxylic acids is 2. The lowest BCUT2D eigenvalue weighted by atomic mass is 9.90. The SMILES string of the molecule is CCOC(=O)C1=CCC(C(=O)OCC)CC1. The zero-order valence-corrected chi connectivity index (χ0v) is 9.82. The van der Waals surface area contributed by atoms with E-state index in [-0.39, 0.29) is 17.9 Å². The number of esters is 2. The molecule has 0 aromatic heterocycles. The van der Waals surface area contributed by atoms with E-state index in [1.54, 1.807) is 19.9 Å². The molecule has 90 valence electrons. The summed E-state index contributed by atoms with van der Waals surface area (Å²) in [6, 6.07) is 0. The van der Waals surface area contributed by atoms with Crippen molar-refractivity contribution in [2.75, 3.05) is 13.2 Å². The van der Waals surface area contributed by atoms with Crippen LogP contribution in [0.25, 0.3) is 0 Å². The third kappa shape index (κ3) is 3.36. The van der Waals surface area contributed by atoms with Gasteiger partial charge in [-0.2, -0.15) is 0 Å². The molecule has 1 aliphatic carbocycles. The first-order valence-electron chi connectivity index (χ1n) is 5.71. The number of rotatable bonds is 4. The maximum Gasteiger partial charge on any atom is 0.333 e. The monoisotopic (exact) mass is 226 g/mol. The number of allylic oxidation sites excluding steroid dienone is 1. The maximum atomic E-state index is 11.4. The van der Waals surface area contributed by atoms with E-state index in [9.17, 15) is 9.59 Å². The molecule has 0 aliphatic heterocycles. The Balaban J connectivity index is 2.48. The molecular formula is C12H18O4. The quantitative estimate of drug-likeness (QED) is 0.686. The highest BCUT2D eigenvalue weighted by Gasteiger charge is 2.25. The summed E-state index contributed by atoms with van der Waals surface area (Å²) in [5, 5.41) is 0. The molecule has 0 saturated heterocycles. The number of hydrogen-bond acceptors (Lipinski definition) is 4. The molecule has 0 aromatic rings. The van der Waals surface area contributed by atoms with Crippen molar-refractivity contribution in [1.29, 1.82) is 0 Å². The third-order valence-corrected chi connectivity index (χ3v) is 2.57. The molecule has 0 spiro atoms. The van der Waals surface area contributed by atoms with Crippen LogP contribution in [-0.4, -0.2) is 25.2 Å². The Hall–Kier alpha value is -1.32. The Kier molecular flexibility index (Phi) is 5.02. The van der Waals surface area contributed by atoms with Crippen molar-refractivity contribution in [3.05, 3.63) is 11.6 Å². The van der Waals surface area contributed by atoms with Crippen molar-refractivity contribution in [2.45, 2.75) is 33.1 Å². The molecule has 1 aliphatic rings. The molecule has 0 heterocycles. The van der Waals surface area contributed by atoms with E-state index in [2.05, 4.69) is 0 Å². The van der Waals surface area contributed by atoms with Crippen LogP contribution in [0.15, 0.2) is 11.6 Å². The van der Waals surface area contributed by atoms with E-state index >= 15 is 0 Å². The fourth-order valence-corrected chi connectivity index (χ4v) is 1.72. The number of hydrogen-bond donors (Lipinski definition) is 0. The van der Waals surface area contributed by atoms with E-state index in [4.69, 9.17) is 9.47 Å². The smallest absolute Gasteiger partial charge is 0.333 e. The molecule has 4 heteroatoms. The third-order valence-electron chi connectivity index (χ3n) is 2.57. The van der Waals surface area contributed by atoms with Gasteiger partial charge in [0.15, 0.2) is 0 Å². The first kappa shape index (κ1) is 12.7. The predicted molar refractivity (Wildman–Crippen MR) is 58.7 cm³/mol. The van der Waals surface area contributed by atoms with Gasteiger partial charge in [0, 0.05) is 5.57 Å². The molecule has 1 rings (SSSR count). The number of carbonyl (C=O) groups is 2. The molecule has 0 fully saturated rings. The van der Waals surface area contributed by atoms with Crippen molar-refractivity contribution in [3.8, 4) is 0 Å². The lowest BCUT2D eigenvalue weighted by Crippen LogP contribution is -2.21. The lowest BCUT2D eigenvalue weighted by Gasteiger charge is -2.19. The Morgan fingerprint density at radius 3 is 2.50 bits per heavy atom. The standard InChI is InChI=1S/C12H18O4/c1-3-15-11(13)9-5-7-10(8-6-9)12(14)16-4-2/h5,10H,3-4,6-8H2,1-2H3. The normalized spacial score (nSPS) is 19.9. The van der Waals surface area contributed by atoms with Crippen molar-refractivity contribution in [3.63, 3.8) is 0 Å². The van der Waals surface area contributed by atoms with Gasteiger partial charge in [-0.3, -0.25) is 4.79 Å². The second-order valence-electron chi connectivity index (χ2n) is 3.67. The van der Waals surface area contributed by atoms with Crippen LogP contribution >= 0.6 is 0 Å². The molecule has 0 radical (unpaired) electrons. The molecule has 0 saturated carbocycles. The summed E-state index contributed by atoms with van der Waals surface area (Å²) in [7, 11) is 0. The average molecular weight is 226 g/mol. The minimum absolute atomic E-state index is 0.0990. The zero-order valence-electron chi connectivity index (χ0n) is 9.82. The van der Waals surface area contributed by atoms with Gasteiger partial charge in [0.2, 0.25) is 0 Å². The summed E-state index contributed by atoms with van der Waals surface area (Å²) in [4.78, 5) is 22.8. The van der Waals surface area contributed by atoms with Gasteiger partial charge < -0.3 is 9.47 Å². The van der Waals surface area contributed by atoms with Gasteiger partial charge in [-0.25, -0.2) is 4.79 Å². The van der Waals surface area contributed by atoms with Gasteiger partial charge in [0.25, 0.3) is 0 Å². The molecule has 0 aromatic carbocycles. The summed E-state index contributed by atoms with van der Waals surface area (Å²) in [5.74, 6) is -0.524. The summed E-state index contributed by atoms with van der Waals surface area (Å²) >= 11 is 0. The van der Waals surface area contributed by atoms with Crippen molar-refractivity contribution < 1.29 is 19.1 Å². The van der Waals surface area contributed by atoms with Gasteiger partial charge in [-0.15, -0.1) is 0 Å². The van der Waals surface area contributed by atoms with Crippen molar-refractivity contribution >= 4 is 11.9 Å². The molecule has 16 heavy (non-hydrogen) atoms. The molecular weight excluding hydrogens is 208 g/mol. The molecule has 0 N–H and O–H groups in total. The van der Waals surface area contributed by atoms with E-state index in [1.165, 1.54) is 0 Å². The second-order valence-corrected chi connectivity index (χ2v) is 3.67. The van der Waals surface area contributed by atoms with Gasteiger partial charge in [-0.05, 0) is 33.1 Å². The van der Waals surface area contributed by atoms with Crippen molar-refractivity contribution in [2.24, 2.45) is 5.92 Å². The van der Waals surface area contributed by atoms with Gasteiger partial charge in [-0.1, -0.05) is 6.08 Å². The van der Waals surface area contributed by atoms with Gasteiger partial charge >= 0.3 is 11.9 Å². The Labute approximate surface area is 95.6 Å². The van der Waals surface area contributed by atoms with Gasteiger partial charge in [0.1, 0.15) is 0 Å². The van der Waals surface area contributed by atoms with Crippen LogP contribution in [0.2, 0.25) is 0 Å². The minimum atomic E-state index is -0.259. The summed E-state index contributed by atoms with van der Waals surface area (Å²) in [6.07, 6.45) is 3.64. The van der Waals surface area contributed by atoms with Gasteiger partial charge in [0.05, 0.1) is 19.1 Å².